The Hall–Kier alpha value is -2.92. The Labute approximate surface area is 170 Å². The molecule has 2 N–H and O–H groups in total. The molecule has 3 heterocycles. The number of likely N-dealkylation sites (tertiary alicyclic amines) is 1. The molecule has 0 aliphatic carbocycles. The number of carbonyl (C=O) groups excluding carboxylic acids is 1. The van der Waals surface area contributed by atoms with Gasteiger partial charge in [-0.2, -0.15) is 0 Å². The molecule has 1 aliphatic heterocycles. The van der Waals surface area contributed by atoms with E-state index in [2.05, 4.69) is 44.1 Å². The maximum absolute atomic E-state index is 12.7. The van der Waals surface area contributed by atoms with Gasteiger partial charge in [0.2, 0.25) is 0 Å². The Bertz CT molecular complexity index is 1100. The van der Waals surface area contributed by atoms with E-state index < -0.39 is 0 Å². The van der Waals surface area contributed by atoms with Crippen LogP contribution in [0.3, 0.4) is 0 Å². The van der Waals surface area contributed by atoms with Crippen LogP contribution >= 0.6 is 0 Å². The summed E-state index contributed by atoms with van der Waals surface area (Å²) in [5.41, 5.74) is 4.54. The van der Waals surface area contributed by atoms with Crippen LogP contribution in [0.25, 0.3) is 21.9 Å². The lowest BCUT2D eigenvalue weighted by Gasteiger charge is -2.31. The van der Waals surface area contributed by atoms with Gasteiger partial charge >= 0.3 is 0 Å². The van der Waals surface area contributed by atoms with Gasteiger partial charge in [0.15, 0.2) is 0 Å². The maximum Gasteiger partial charge on any atom is 0.136 e. The molecule has 148 valence electrons. The molecular weight excluding hydrogens is 360 g/mol. The lowest BCUT2D eigenvalue weighted by molar-refractivity contribution is -0.124. The van der Waals surface area contributed by atoms with Gasteiger partial charge in [0.25, 0.3) is 0 Å². The molecule has 0 amide bonds. The first-order valence-corrected chi connectivity index (χ1v) is 10.5. The zero-order chi connectivity index (χ0) is 19.6. The van der Waals surface area contributed by atoms with Crippen LogP contribution in [-0.2, 0) is 17.8 Å². The molecule has 0 radical (unpaired) electrons. The first kappa shape index (κ1) is 18.1. The summed E-state index contributed by atoms with van der Waals surface area (Å²) >= 11 is 0. The SMILES string of the molecule is O=C(CCc1nc2ccccc2[nH]1)C1CCN(Cc2ccc3[nH]ccc3c2)CC1. The van der Waals surface area contributed by atoms with Crippen molar-refractivity contribution >= 4 is 27.7 Å². The number of H-pyrrole nitrogens is 2. The van der Waals surface area contributed by atoms with Crippen molar-refractivity contribution in [1.29, 1.82) is 0 Å². The van der Waals surface area contributed by atoms with E-state index in [4.69, 9.17) is 0 Å². The van der Waals surface area contributed by atoms with Crippen LogP contribution in [0.5, 0.6) is 0 Å². The number of rotatable bonds is 6. The standard InChI is InChI=1S/C24H26N4O/c29-23(7-8-24-26-21-3-1-2-4-22(21)27-24)18-10-13-28(14-11-18)16-17-5-6-20-19(15-17)9-12-25-20/h1-6,9,12,15,18,25H,7-8,10-11,13-14,16H2,(H,26,27). The molecule has 4 aromatic rings. The van der Waals surface area contributed by atoms with E-state index in [1.165, 1.54) is 16.5 Å². The Kier molecular flexibility index (Phi) is 4.90. The summed E-state index contributed by atoms with van der Waals surface area (Å²) in [5.74, 6) is 1.50. The van der Waals surface area contributed by atoms with Gasteiger partial charge < -0.3 is 9.97 Å². The number of para-hydroxylation sites is 2. The van der Waals surface area contributed by atoms with Crippen molar-refractivity contribution in [2.75, 3.05) is 13.1 Å². The number of Topliss-reactive ketones (excluding diaryl/α,β-unsaturated/α-hetero) is 1. The quantitative estimate of drug-likeness (QED) is 0.514. The molecule has 1 aliphatic rings. The number of aryl methyl sites for hydroxylation is 1. The lowest BCUT2D eigenvalue weighted by atomic mass is 9.90. The fourth-order valence-electron chi connectivity index (χ4n) is 4.44. The molecule has 2 aromatic heterocycles. The number of imidazole rings is 1. The number of aromatic amines is 2. The molecule has 1 saturated heterocycles. The number of fused-ring (bicyclic) bond motifs is 2. The second kappa shape index (κ2) is 7.84. The Morgan fingerprint density at radius 2 is 1.93 bits per heavy atom. The van der Waals surface area contributed by atoms with Gasteiger partial charge in [-0.1, -0.05) is 18.2 Å². The van der Waals surface area contributed by atoms with E-state index in [-0.39, 0.29) is 5.92 Å². The molecule has 2 aromatic carbocycles. The monoisotopic (exact) mass is 386 g/mol. The zero-order valence-corrected chi connectivity index (χ0v) is 16.5. The van der Waals surface area contributed by atoms with E-state index in [1.807, 2.05) is 30.5 Å². The third kappa shape index (κ3) is 3.96. The number of hydrogen-bond acceptors (Lipinski definition) is 3. The highest BCUT2D eigenvalue weighted by Crippen LogP contribution is 2.23. The number of carbonyl (C=O) groups is 1. The number of benzene rings is 2. The number of hydrogen-bond donors (Lipinski definition) is 2. The number of ketones is 1. The first-order chi connectivity index (χ1) is 14.2. The molecule has 0 spiro atoms. The van der Waals surface area contributed by atoms with Crippen molar-refractivity contribution in [2.24, 2.45) is 5.92 Å². The molecule has 0 bridgehead atoms. The highest BCUT2D eigenvalue weighted by Gasteiger charge is 2.24. The van der Waals surface area contributed by atoms with Crippen LogP contribution in [0.15, 0.2) is 54.7 Å². The molecule has 0 unspecified atom stereocenters. The van der Waals surface area contributed by atoms with E-state index in [0.717, 1.165) is 49.3 Å². The summed E-state index contributed by atoms with van der Waals surface area (Å²) in [4.78, 5) is 26.3. The second-order valence-electron chi connectivity index (χ2n) is 8.12. The summed E-state index contributed by atoms with van der Waals surface area (Å²) in [6, 6.07) is 16.7. The fraction of sp³-hybridized carbons (Fsp3) is 0.333. The first-order valence-electron chi connectivity index (χ1n) is 10.5. The van der Waals surface area contributed by atoms with E-state index in [9.17, 15) is 4.79 Å². The maximum atomic E-state index is 12.7. The molecule has 0 atom stereocenters. The van der Waals surface area contributed by atoms with Gasteiger partial charge in [0.05, 0.1) is 11.0 Å². The van der Waals surface area contributed by atoms with Crippen molar-refractivity contribution in [1.82, 2.24) is 19.9 Å². The minimum Gasteiger partial charge on any atom is -0.361 e. The van der Waals surface area contributed by atoms with Gasteiger partial charge in [-0.15, -0.1) is 0 Å². The largest absolute Gasteiger partial charge is 0.361 e. The second-order valence-corrected chi connectivity index (χ2v) is 8.12. The van der Waals surface area contributed by atoms with Crippen LogP contribution < -0.4 is 0 Å². The highest BCUT2D eigenvalue weighted by molar-refractivity contribution is 5.82. The van der Waals surface area contributed by atoms with Crippen LogP contribution in [0, 0.1) is 5.92 Å². The predicted molar refractivity (Wildman–Crippen MR) is 116 cm³/mol. The van der Waals surface area contributed by atoms with Gasteiger partial charge in [-0.05, 0) is 67.2 Å². The molecule has 5 heteroatoms. The average Bonchev–Trinajstić information content (AvgIpc) is 3.38. The normalized spacial score (nSPS) is 16.0. The van der Waals surface area contributed by atoms with Crippen LogP contribution in [0.1, 0.15) is 30.7 Å². The van der Waals surface area contributed by atoms with Crippen LogP contribution in [0.2, 0.25) is 0 Å². The van der Waals surface area contributed by atoms with E-state index in [1.54, 1.807) is 0 Å². The Morgan fingerprint density at radius 1 is 1.07 bits per heavy atom. The third-order valence-electron chi connectivity index (χ3n) is 6.11. The zero-order valence-electron chi connectivity index (χ0n) is 16.5. The van der Waals surface area contributed by atoms with Gasteiger partial charge in [-0.25, -0.2) is 4.98 Å². The molecular formula is C24H26N4O. The topological polar surface area (TPSA) is 64.8 Å². The lowest BCUT2D eigenvalue weighted by Crippen LogP contribution is -2.36. The molecule has 0 saturated carbocycles. The van der Waals surface area contributed by atoms with Crippen molar-refractivity contribution in [2.45, 2.75) is 32.2 Å². The van der Waals surface area contributed by atoms with Crippen LogP contribution in [0.4, 0.5) is 0 Å². The smallest absolute Gasteiger partial charge is 0.136 e. The summed E-state index contributed by atoms with van der Waals surface area (Å²) in [7, 11) is 0. The van der Waals surface area contributed by atoms with Gasteiger partial charge in [-0.3, -0.25) is 9.69 Å². The highest BCUT2D eigenvalue weighted by atomic mass is 16.1. The fourth-order valence-corrected chi connectivity index (χ4v) is 4.44. The van der Waals surface area contributed by atoms with Crippen molar-refractivity contribution in [3.63, 3.8) is 0 Å². The molecule has 5 rings (SSSR count). The summed E-state index contributed by atoms with van der Waals surface area (Å²) in [6.07, 6.45) is 5.19. The van der Waals surface area contributed by atoms with Gasteiger partial charge in [0.1, 0.15) is 11.6 Å². The predicted octanol–water partition coefficient (Wildman–Crippen LogP) is 4.46. The minimum atomic E-state index is 0.197. The Balaban J connectivity index is 1.12. The van der Waals surface area contributed by atoms with E-state index in [0.29, 0.717) is 18.6 Å². The summed E-state index contributed by atoms with van der Waals surface area (Å²) < 4.78 is 0. The minimum absolute atomic E-state index is 0.197. The number of piperidine rings is 1. The number of aromatic nitrogens is 3. The number of nitrogens with one attached hydrogen (secondary N) is 2. The average molecular weight is 386 g/mol. The molecule has 29 heavy (non-hydrogen) atoms. The van der Waals surface area contributed by atoms with Crippen LogP contribution in [-0.4, -0.2) is 38.7 Å². The summed E-state index contributed by atoms with van der Waals surface area (Å²) in [5, 5.41) is 1.26. The molecule has 1 fully saturated rings. The summed E-state index contributed by atoms with van der Waals surface area (Å²) in [6.45, 7) is 2.94. The third-order valence-corrected chi connectivity index (χ3v) is 6.11. The van der Waals surface area contributed by atoms with E-state index >= 15 is 0 Å². The van der Waals surface area contributed by atoms with Crippen molar-refractivity contribution < 1.29 is 4.79 Å². The Morgan fingerprint density at radius 3 is 2.79 bits per heavy atom. The number of nitrogens with zero attached hydrogens (tertiary/aromatic N) is 2. The van der Waals surface area contributed by atoms with Crippen molar-refractivity contribution in [3.05, 3.63) is 66.1 Å². The van der Waals surface area contributed by atoms with Crippen molar-refractivity contribution in [3.8, 4) is 0 Å². The van der Waals surface area contributed by atoms with Gasteiger partial charge in [0, 0.05) is 37.0 Å². The molecule has 5 nitrogen and oxygen atoms in total.